The molecule has 0 rings (SSSR count). The van der Waals surface area contributed by atoms with Gasteiger partial charge in [0.25, 0.3) is 0 Å². The number of hydrogen-bond acceptors (Lipinski definition) is 0. The third kappa shape index (κ3) is 27.5. The van der Waals surface area contributed by atoms with Crippen molar-refractivity contribution >= 4 is 0 Å². The van der Waals surface area contributed by atoms with E-state index in [0.29, 0.717) is 0 Å². The number of hydrogen-bond donors (Lipinski definition) is 0. The summed E-state index contributed by atoms with van der Waals surface area (Å²) in [6.45, 7) is 4.41. The maximum Gasteiger partial charge on any atom is -0.0351 e. The molecule has 0 spiro atoms. The lowest BCUT2D eigenvalue weighted by atomic mass is 10.0. The third-order valence-corrected chi connectivity index (χ3v) is 6.12. The van der Waals surface area contributed by atoms with Crippen LogP contribution in [0.5, 0.6) is 0 Å². The van der Waals surface area contributed by atoms with Crippen LogP contribution in [-0.2, 0) is 0 Å². The second-order valence-electron chi connectivity index (χ2n) is 9.12. The summed E-state index contributed by atoms with van der Waals surface area (Å²) < 4.78 is 0. The highest BCUT2D eigenvalue weighted by atomic mass is 14.0. The van der Waals surface area contributed by atoms with E-state index in [1.807, 2.05) is 0 Å². The summed E-state index contributed by atoms with van der Waals surface area (Å²) >= 11 is 0. The van der Waals surface area contributed by atoms with Crippen molar-refractivity contribution in [2.45, 2.75) is 162 Å². The van der Waals surface area contributed by atoms with E-state index < -0.39 is 0 Å². The van der Waals surface area contributed by atoms with Gasteiger partial charge >= 0.3 is 0 Å². The Bertz CT molecular complexity index is 325. The molecule has 0 heteroatoms. The number of rotatable bonds is 24. The summed E-state index contributed by atoms with van der Waals surface area (Å²) in [4.78, 5) is 0. The van der Waals surface area contributed by atoms with Gasteiger partial charge in [0.05, 0.1) is 0 Å². The van der Waals surface area contributed by atoms with Crippen LogP contribution in [0.25, 0.3) is 0 Å². The molecule has 0 atom stereocenters. The summed E-state index contributed by atoms with van der Waals surface area (Å²) in [5.41, 5.74) is 0. The van der Waals surface area contributed by atoms with Gasteiger partial charge in [-0.25, -0.2) is 0 Å². The lowest BCUT2D eigenvalue weighted by Crippen LogP contribution is -1.83. The zero-order chi connectivity index (χ0) is 21.1. The van der Waals surface area contributed by atoms with Crippen LogP contribution >= 0.6 is 0 Å². The van der Waals surface area contributed by atoms with Crippen LogP contribution in [-0.4, -0.2) is 0 Å². The lowest BCUT2D eigenvalue weighted by molar-refractivity contribution is 0.534. The quantitative estimate of drug-likeness (QED) is 0.111. The highest BCUT2D eigenvalue weighted by Gasteiger charge is 1.94. The molecular weight excluding hydrogens is 348 g/mol. The van der Waals surface area contributed by atoms with Crippen LogP contribution in [0.1, 0.15) is 162 Å². The fraction of sp³-hybridized carbons (Fsp3) is 0.862. The van der Waals surface area contributed by atoms with E-state index in [4.69, 9.17) is 0 Å². The predicted octanol–water partition coefficient (Wildman–Crippen LogP) is 11.1. The zero-order valence-corrected chi connectivity index (χ0v) is 20.6. The molecule has 0 aliphatic carbocycles. The third-order valence-electron chi connectivity index (χ3n) is 6.12. The van der Waals surface area contributed by atoms with Gasteiger partial charge in [-0.1, -0.05) is 140 Å². The Balaban J connectivity index is 3.05. The Morgan fingerprint density at radius 2 is 0.621 bits per heavy atom. The molecular formula is C29H56. The van der Waals surface area contributed by atoms with Gasteiger partial charge in [0.2, 0.25) is 0 Å². The molecule has 0 saturated carbocycles. The Hall–Kier alpha value is -0.520. The molecule has 172 valence electrons. The van der Waals surface area contributed by atoms with Gasteiger partial charge in [-0.3, -0.25) is 0 Å². The molecule has 0 nitrogen and oxygen atoms in total. The zero-order valence-electron chi connectivity index (χ0n) is 20.6. The molecule has 0 aliphatic rings. The number of unbranched alkanes of at least 4 members (excludes halogenated alkanes) is 21. The predicted molar refractivity (Wildman–Crippen MR) is 136 cm³/mol. The van der Waals surface area contributed by atoms with Crippen molar-refractivity contribution in [2.24, 2.45) is 0 Å². The molecule has 0 aromatic rings. The Morgan fingerprint density at radius 3 is 0.931 bits per heavy atom. The second kappa shape index (κ2) is 27.5. The minimum Gasteiger partial charge on any atom is -0.0917 e. The smallest absolute Gasteiger partial charge is 0.0351 e. The van der Waals surface area contributed by atoms with E-state index in [2.05, 4.69) is 38.2 Å². The summed E-state index contributed by atoms with van der Waals surface area (Å²) in [6, 6.07) is 0. The van der Waals surface area contributed by atoms with Crippen molar-refractivity contribution in [3.63, 3.8) is 0 Å². The minimum atomic E-state index is 1.28. The normalized spacial score (nSPS) is 11.9. The van der Waals surface area contributed by atoms with Crippen molar-refractivity contribution in [2.75, 3.05) is 0 Å². The maximum atomic E-state index is 2.44. The second-order valence-corrected chi connectivity index (χ2v) is 9.12. The monoisotopic (exact) mass is 404 g/mol. The number of allylic oxidation sites excluding steroid dienone is 4. The summed E-state index contributed by atoms with van der Waals surface area (Å²) in [5.74, 6) is 0. The van der Waals surface area contributed by atoms with E-state index in [1.165, 1.54) is 148 Å². The molecule has 29 heavy (non-hydrogen) atoms. The highest BCUT2D eigenvalue weighted by molar-refractivity contribution is 4.81. The molecule has 0 N–H and O–H groups in total. The Kier molecular flexibility index (Phi) is 27.0. The molecule has 0 aliphatic heterocycles. The minimum absolute atomic E-state index is 1.28. The average Bonchev–Trinajstić information content (AvgIpc) is 2.74. The van der Waals surface area contributed by atoms with Gasteiger partial charge in [0, 0.05) is 0 Å². The maximum absolute atomic E-state index is 2.44. The molecule has 0 aromatic carbocycles. The summed E-state index contributed by atoms with van der Waals surface area (Å²) in [5, 5.41) is 0. The van der Waals surface area contributed by atoms with E-state index in [0.717, 1.165) is 0 Å². The fourth-order valence-corrected chi connectivity index (χ4v) is 4.09. The molecule has 0 fully saturated rings. The SMILES string of the molecule is CC=CCCCCCCCCCCCCCCCCC=CCCCCCCCC. The molecule has 0 aromatic heterocycles. The van der Waals surface area contributed by atoms with E-state index in [1.54, 1.807) is 0 Å². The van der Waals surface area contributed by atoms with Gasteiger partial charge in [-0.2, -0.15) is 0 Å². The fourth-order valence-electron chi connectivity index (χ4n) is 4.09. The highest BCUT2D eigenvalue weighted by Crippen LogP contribution is 2.14. The molecule has 0 bridgehead atoms. The van der Waals surface area contributed by atoms with Gasteiger partial charge in [-0.05, 0) is 45.4 Å². The largest absolute Gasteiger partial charge is 0.0917 e. The van der Waals surface area contributed by atoms with Gasteiger partial charge in [0.15, 0.2) is 0 Å². The Morgan fingerprint density at radius 1 is 0.345 bits per heavy atom. The summed E-state index contributed by atoms with van der Waals surface area (Å²) in [7, 11) is 0. The lowest BCUT2D eigenvalue weighted by Gasteiger charge is -2.03. The Labute approximate surface area is 186 Å². The first-order chi connectivity index (χ1) is 14.4. The van der Waals surface area contributed by atoms with Crippen LogP contribution in [0.2, 0.25) is 0 Å². The standard InChI is InChI=1S/C29H56/c1-3-5-7-9-11-13-15-17-19-21-23-25-27-29-28-26-24-22-20-18-16-14-12-10-8-6-4-2/h3,5,18,20H,4,6-17,19,21-29H2,1-2H3. The first kappa shape index (κ1) is 28.5. The van der Waals surface area contributed by atoms with Crippen molar-refractivity contribution in [1.29, 1.82) is 0 Å². The molecule has 0 saturated heterocycles. The van der Waals surface area contributed by atoms with Crippen molar-refractivity contribution in [1.82, 2.24) is 0 Å². The average molecular weight is 405 g/mol. The molecule has 0 unspecified atom stereocenters. The van der Waals surface area contributed by atoms with Crippen molar-refractivity contribution in [3.05, 3.63) is 24.3 Å². The van der Waals surface area contributed by atoms with E-state index in [9.17, 15) is 0 Å². The topological polar surface area (TPSA) is 0 Å². The van der Waals surface area contributed by atoms with Gasteiger partial charge < -0.3 is 0 Å². The first-order valence-corrected chi connectivity index (χ1v) is 13.7. The summed E-state index contributed by atoms with van der Waals surface area (Å²) in [6.07, 6.45) is 42.1. The van der Waals surface area contributed by atoms with Crippen molar-refractivity contribution < 1.29 is 0 Å². The van der Waals surface area contributed by atoms with Crippen LogP contribution in [0.4, 0.5) is 0 Å². The molecule has 0 heterocycles. The van der Waals surface area contributed by atoms with Crippen LogP contribution in [0, 0.1) is 0 Å². The van der Waals surface area contributed by atoms with Crippen LogP contribution < -0.4 is 0 Å². The van der Waals surface area contributed by atoms with Crippen molar-refractivity contribution in [3.8, 4) is 0 Å². The first-order valence-electron chi connectivity index (χ1n) is 13.7. The van der Waals surface area contributed by atoms with Gasteiger partial charge in [-0.15, -0.1) is 0 Å². The molecule has 0 amide bonds. The van der Waals surface area contributed by atoms with Crippen LogP contribution in [0.3, 0.4) is 0 Å². The van der Waals surface area contributed by atoms with Gasteiger partial charge in [0.1, 0.15) is 0 Å². The molecule has 0 radical (unpaired) electrons. The van der Waals surface area contributed by atoms with Crippen LogP contribution in [0.15, 0.2) is 24.3 Å². The van der Waals surface area contributed by atoms with E-state index in [-0.39, 0.29) is 0 Å². The van der Waals surface area contributed by atoms with E-state index >= 15 is 0 Å².